The Kier molecular flexibility index (Phi) is 8.29. The molecule has 0 bridgehead atoms. The lowest BCUT2D eigenvalue weighted by atomic mass is 10.2. The van der Waals surface area contributed by atoms with Gasteiger partial charge in [-0.1, -0.05) is 43.5 Å². The van der Waals surface area contributed by atoms with Crippen LogP contribution in [0.3, 0.4) is 0 Å². The van der Waals surface area contributed by atoms with Crippen LogP contribution in [0.1, 0.15) is 31.7 Å². The van der Waals surface area contributed by atoms with Crippen LogP contribution < -0.4 is 9.57 Å². The summed E-state index contributed by atoms with van der Waals surface area (Å²) in [6.45, 7) is 4.82. The van der Waals surface area contributed by atoms with Crippen LogP contribution in [0.2, 0.25) is 0 Å². The van der Waals surface area contributed by atoms with E-state index in [9.17, 15) is 13.0 Å². The number of unbranched alkanes of at least 4 members (excludes halogenated alkanes) is 2. The Morgan fingerprint density at radius 1 is 1.04 bits per heavy atom. The van der Waals surface area contributed by atoms with Gasteiger partial charge in [-0.05, 0) is 25.5 Å². The number of hydrogen-bond donors (Lipinski definition) is 0. The second-order valence-electron chi connectivity index (χ2n) is 5.04. The third kappa shape index (κ3) is 8.32. The van der Waals surface area contributed by atoms with Crippen LogP contribution in [0, 0.1) is 6.92 Å². The monoisotopic (exact) mass is 337 g/mol. The zero-order chi connectivity index (χ0) is 17.1. The second kappa shape index (κ2) is 9.97. The molecule has 0 radical (unpaired) electrons. The van der Waals surface area contributed by atoms with E-state index in [1.165, 1.54) is 25.0 Å². The minimum Gasteiger partial charge on any atom is -0.744 e. The van der Waals surface area contributed by atoms with Gasteiger partial charge in [0.05, 0.1) is 4.90 Å². The second-order valence-corrected chi connectivity index (χ2v) is 6.42. The summed E-state index contributed by atoms with van der Waals surface area (Å²) in [5.74, 6) is 0. The number of nitrogens with zero attached hydrogens (tertiary/aromatic N) is 1. The highest BCUT2D eigenvalue weighted by atomic mass is 32.2. The van der Waals surface area contributed by atoms with Crippen LogP contribution in [0.4, 0.5) is 0 Å². The van der Waals surface area contributed by atoms with Gasteiger partial charge in [0.1, 0.15) is 10.1 Å². The molecule has 0 saturated carbocycles. The number of benzene rings is 1. The Morgan fingerprint density at radius 2 is 1.65 bits per heavy atom. The molecule has 0 N–H and O–H groups in total. The molecule has 6 heteroatoms. The Morgan fingerprint density at radius 3 is 2.17 bits per heavy atom. The van der Waals surface area contributed by atoms with Crippen molar-refractivity contribution in [2.45, 2.75) is 38.0 Å². The first-order valence-corrected chi connectivity index (χ1v) is 8.96. The van der Waals surface area contributed by atoms with Crippen molar-refractivity contribution in [2.24, 2.45) is 0 Å². The van der Waals surface area contributed by atoms with E-state index in [1.54, 1.807) is 16.9 Å². The largest absolute Gasteiger partial charge is 0.744 e. The van der Waals surface area contributed by atoms with Crippen molar-refractivity contribution < 1.29 is 22.5 Å². The van der Waals surface area contributed by atoms with Gasteiger partial charge in [0.25, 0.3) is 0 Å². The lowest BCUT2D eigenvalue weighted by Crippen LogP contribution is -2.42. The molecule has 0 fully saturated rings. The number of hydrogen-bond acceptors (Lipinski definition) is 4. The summed E-state index contributed by atoms with van der Waals surface area (Å²) in [4.78, 5) is 5.25. The van der Waals surface area contributed by atoms with Crippen LogP contribution in [-0.4, -0.2) is 19.6 Å². The lowest BCUT2D eigenvalue weighted by molar-refractivity contribution is -0.891. The van der Waals surface area contributed by atoms with Gasteiger partial charge < -0.3 is 4.55 Å². The summed E-state index contributed by atoms with van der Waals surface area (Å²) in [6.07, 6.45) is 7.44. The molecular formula is C17H23NO4S. The van der Waals surface area contributed by atoms with Crippen molar-refractivity contribution in [1.82, 2.24) is 0 Å². The molecule has 126 valence electrons. The molecule has 0 saturated heterocycles. The van der Waals surface area contributed by atoms with E-state index in [-0.39, 0.29) is 4.90 Å². The molecule has 0 aliphatic heterocycles. The number of rotatable bonds is 6. The fourth-order valence-corrected chi connectivity index (χ4v) is 2.17. The Bertz CT molecular complexity index is 655. The molecule has 0 aliphatic rings. The first-order valence-electron chi connectivity index (χ1n) is 7.55. The summed E-state index contributed by atoms with van der Waals surface area (Å²) in [6, 6.07) is 11.7. The highest BCUT2D eigenvalue weighted by Crippen LogP contribution is 2.08. The summed E-state index contributed by atoms with van der Waals surface area (Å²) in [5.41, 5.74) is 0.928. The molecule has 1 aromatic carbocycles. The number of pyridine rings is 1. The van der Waals surface area contributed by atoms with Crippen molar-refractivity contribution in [3.05, 3.63) is 60.4 Å². The average molecular weight is 337 g/mol. The van der Waals surface area contributed by atoms with Gasteiger partial charge in [-0.15, -0.1) is 0 Å². The van der Waals surface area contributed by atoms with Gasteiger partial charge in [0.2, 0.25) is 12.4 Å². The van der Waals surface area contributed by atoms with Crippen LogP contribution in [0.25, 0.3) is 0 Å². The van der Waals surface area contributed by atoms with Crippen molar-refractivity contribution in [3.63, 3.8) is 0 Å². The van der Waals surface area contributed by atoms with Gasteiger partial charge in [0, 0.05) is 16.9 Å². The minimum atomic E-state index is -4.27. The van der Waals surface area contributed by atoms with E-state index in [4.69, 9.17) is 4.84 Å². The maximum Gasteiger partial charge on any atom is 0.222 e. The first-order chi connectivity index (χ1) is 10.9. The normalized spacial score (nSPS) is 10.6. The molecule has 0 aliphatic carbocycles. The standard InChI is InChI=1S/C10H16NO.C7H8O3S/c1-2-3-7-10-12-11-8-5-4-6-9-11;1-6-2-4-7(5-3-6)11(8,9)10/h4-6,8-9H,2-3,7,10H2,1H3;2-5H,1H3,(H,8,9,10)/q+1;/p-1. The van der Waals surface area contributed by atoms with Gasteiger partial charge in [0.15, 0.2) is 6.61 Å². The molecule has 1 aromatic heterocycles. The van der Waals surface area contributed by atoms with E-state index < -0.39 is 10.1 Å². The summed E-state index contributed by atoms with van der Waals surface area (Å²) >= 11 is 0. The topological polar surface area (TPSA) is 70.3 Å². The van der Waals surface area contributed by atoms with E-state index in [0.717, 1.165) is 18.6 Å². The maximum absolute atomic E-state index is 10.4. The molecule has 1 heterocycles. The average Bonchev–Trinajstić information content (AvgIpc) is 2.53. The summed E-state index contributed by atoms with van der Waals surface area (Å²) in [7, 11) is -4.27. The van der Waals surface area contributed by atoms with Gasteiger partial charge in [-0.3, -0.25) is 4.84 Å². The molecule has 0 atom stereocenters. The molecule has 2 rings (SSSR count). The zero-order valence-electron chi connectivity index (χ0n) is 13.5. The highest BCUT2D eigenvalue weighted by molar-refractivity contribution is 7.85. The molecule has 5 nitrogen and oxygen atoms in total. The molecular weight excluding hydrogens is 314 g/mol. The fourth-order valence-electron chi connectivity index (χ4n) is 1.70. The van der Waals surface area contributed by atoms with Gasteiger partial charge >= 0.3 is 0 Å². The number of aromatic nitrogens is 1. The Hall–Kier alpha value is -1.92. The minimum absolute atomic E-state index is 0.178. The molecule has 2 aromatic rings. The smallest absolute Gasteiger partial charge is 0.222 e. The van der Waals surface area contributed by atoms with Gasteiger partial charge in [-0.25, -0.2) is 8.42 Å². The van der Waals surface area contributed by atoms with Crippen LogP contribution in [-0.2, 0) is 10.1 Å². The predicted molar refractivity (Wildman–Crippen MR) is 86.8 cm³/mol. The van der Waals surface area contributed by atoms with E-state index in [2.05, 4.69) is 6.92 Å². The lowest BCUT2D eigenvalue weighted by Gasteiger charge is -2.05. The first kappa shape index (κ1) is 19.1. The molecule has 0 unspecified atom stereocenters. The SMILES string of the molecule is CCCCCO[n+]1ccccc1.Cc1ccc(S(=O)(=O)[O-])cc1. The highest BCUT2D eigenvalue weighted by Gasteiger charge is 1.98. The van der Waals surface area contributed by atoms with Crippen LogP contribution in [0.15, 0.2) is 59.8 Å². The van der Waals surface area contributed by atoms with Crippen LogP contribution in [0.5, 0.6) is 0 Å². The van der Waals surface area contributed by atoms with E-state index >= 15 is 0 Å². The number of aryl methyl sites for hydroxylation is 1. The zero-order valence-corrected chi connectivity index (χ0v) is 14.3. The third-order valence-electron chi connectivity index (χ3n) is 2.99. The molecule has 0 spiro atoms. The van der Waals surface area contributed by atoms with Crippen molar-refractivity contribution in [1.29, 1.82) is 0 Å². The molecule has 23 heavy (non-hydrogen) atoms. The summed E-state index contributed by atoms with van der Waals surface area (Å²) in [5, 5.41) is 0. The Balaban J connectivity index is 0.000000231. The molecule has 0 amide bonds. The van der Waals surface area contributed by atoms with Crippen molar-refractivity contribution in [2.75, 3.05) is 6.61 Å². The van der Waals surface area contributed by atoms with Crippen molar-refractivity contribution >= 4 is 10.1 Å². The Labute approximate surface area is 138 Å². The fraction of sp³-hybridized carbons (Fsp3) is 0.353. The predicted octanol–water partition coefficient (Wildman–Crippen LogP) is 2.49. The maximum atomic E-state index is 10.4. The third-order valence-corrected chi connectivity index (χ3v) is 3.84. The van der Waals surface area contributed by atoms with Gasteiger partial charge in [-0.2, -0.15) is 0 Å². The van der Waals surface area contributed by atoms with E-state index in [1.807, 2.05) is 37.5 Å². The summed E-state index contributed by atoms with van der Waals surface area (Å²) < 4.78 is 32.9. The quantitative estimate of drug-likeness (QED) is 0.461. The van der Waals surface area contributed by atoms with Crippen molar-refractivity contribution in [3.8, 4) is 0 Å². The van der Waals surface area contributed by atoms with Crippen LogP contribution >= 0.6 is 0 Å². The van der Waals surface area contributed by atoms with E-state index in [0.29, 0.717) is 0 Å².